The van der Waals surface area contributed by atoms with E-state index in [2.05, 4.69) is 19.8 Å². The molecule has 1 aromatic carbocycles. The second kappa shape index (κ2) is 5.67. The maximum atomic E-state index is 13.1. The maximum absolute atomic E-state index is 13.1. The molecule has 3 aliphatic heterocycles. The first kappa shape index (κ1) is 14.6. The zero-order valence-corrected chi connectivity index (χ0v) is 13.8. The summed E-state index contributed by atoms with van der Waals surface area (Å²) in [7, 11) is 0. The van der Waals surface area contributed by atoms with Crippen molar-refractivity contribution in [3.05, 3.63) is 47.8 Å². The van der Waals surface area contributed by atoms with Crippen LogP contribution in [0.1, 0.15) is 30.7 Å². The van der Waals surface area contributed by atoms with Crippen LogP contribution in [0.4, 0.5) is 4.39 Å². The third kappa shape index (κ3) is 2.47. The molecule has 4 heterocycles. The minimum atomic E-state index is -0.196. The average Bonchev–Trinajstić information content (AvgIpc) is 3.30. The number of hydrogen-bond donors (Lipinski definition) is 1. The van der Waals surface area contributed by atoms with E-state index in [1.165, 1.54) is 49.3 Å². The zero-order chi connectivity index (χ0) is 16.1. The smallest absolute Gasteiger partial charge is 0.123 e. The van der Waals surface area contributed by atoms with Crippen LogP contribution in [-0.2, 0) is 13.0 Å². The molecule has 1 N–H and O–H groups in total. The van der Waals surface area contributed by atoms with Gasteiger partial charge in [0.15, 0.2) is 0 Å². The number of imidazole rings is 1. The quantitative estimate of drug-likeness (QED) is 0.941. The van der Waals surface area contributed by atoms with Gasteiger partial charge in [-0.25, -0.2) is 9.37 Å². The van der Waals surface area contributed by atoms with Crippen LogP contribution < -0.4 is 5.32 Å². The highest BCUT2D eigenvalue weighted by Gasteiger charge is 2.39. The Morgan fingerprint density at radius 1 is 1.21 bits per heavy atom. The number of aromatic nitrogens is 2. The van der Waals surface area contributed by atoms with Gasteiger partial charge in [0.25, 0.3) is 0 Å². The molecule has 3 atom stereocenters. The van der Waals surface area contributed by atoms with E-state index in [4.69, 9.17) is 0 Å². The van der Waals surface area contributed by atoms with Crippen molar-refractivity contribution in [2.24, 2.45) is 5.92 Å². The van der Waals surface area contributed by atoms with Gasteiger partial charge in [-0.1, -0.05) is 0 Å². The number of nitrogens with one attached hydrogen (secondary N) is 1. The summed E-state index contributed by atoms with van der Waals surface area (Å²) in [6.07, 6.45) is 6.97. The summed E-state index contributed by atoms with van der Waals surface area (Å²) >= 11 is 0. The lowest BCUT2D eigenvalue weighted by Crippen LogP contribution is -2.38. The van der Waals surface area contributed by atoms with Crippen molar-refractivity contribution in [1.29, 1.82) is 0 Å². The van der Waals surface area contributed by atoms with Crippen molar-refractivity contribution in [2.45, 2.75) is 44.3 Å². The van der Waals surface area contributed by atoms with E-state index in [-0.39, 0.29) is 5.82 Å². The first-order valence-electron chi connectivity index (χ1n) is 9.06. The maximum Gasteiger partial charge on any atom is 0.123 e. The van der Waals surface area contributed by atoms with E-state index in [0.717, 1.165) is 43.2 Å². The Balaban J connectivity index is 1.31. The fraction of sp³-hybridized carbons (Fsp3) is 0.526. The molecular weight excluding hydrogens is 303 g/mol. The first-order chi connectivity index (χ1) is 11.8. The summed E-state index contributed by atoms with van der Waals surface area (Å²) in [5, 5.41) is 3.74. The number of rotatable bonds is 3. The largest absolute Gasteiger partial charge is 0.311 e. The van der Waals surface area contributed by atoms with Gasteiger partial charge in [0.05, 0.1) is 12.0 Å². The Kier molecular flexibility index (Phi) is 3.45. The predicted molar refractivity (Wildman–Crippen MR) is 90.6 cm³/mol. The summed E-state index contributed by atoms with van der Waals surface area (Å²) in [4.78, 5) is 7.21. The Bertz CT molecular complexity index is 738. The van der Waals surface area contributed by atoms with Crippen molar-refractivity contribution in [3.8, 4) is 5.69 Å². The van der Waals surface area contributed by atoms with E-state index < -0.39 is 0 Å². The lowest BCUT2D eigenvalue weighted by Gasteiger charge is -2.31. The van der Waals surface area contributed by atoms with Crippen molar-refractivity contribution in [1.82, 2.24) is 19.8 Å². The normalized spacial score (nSPS) is 29.1. The van der Waals surface area contributed by atoms with Gasteiger partial charge in [-0.3, -0.25) is 4.90 Å². The SMILES string of the molecule is Fc1ccc(-n2cnc3c2CCN(CC2CC4CCC2N4)C3)cc1. The van der Waals surface area contributed by atoms with E-state index in [0.29, 0.717) is 0 Å². The summed E-state index contributed by atoms with van der Waals surface area (Å²) < 4.78 is 15.3. The molecule has 3 unspecified atom stereocenters. The standard InChI is InChI=1S/C19H23FN4/c20-14-1-4-16(5-2-14)24-12-21-18-11-23(8-7-19(18)24)10-13-9-15-3-6-17(13)22-15/h1-2,4-5,12-13,15,17,22H,3,6-11H2. The molecule has 126 valence electrons. The third-order valence-corrected chi connectivity index (χ3v) is 6.02. The minimum Gasteiger partial charge on any atom is -0.311 e. The highest BCUT2D eigenvalue weighted by molar-refractivity contribution is 5.36. The lowest BCUT2D eigenvalue weighted by atomic mass is 9.88. The van der Waals surface area contributed by atoms with Crippen LogP contribution in [0, 0.1) is 11.7 Å². The lowest BCUT2D eigenvalue weighted by molar-refractivity contribution is 0.193. The molecule has 0 amide bonds. The van der Waals surface area contributed by atoms with Gasteiger partial charge in [0.1, 0.15) is 5.82 Å². The Morgan fingerprint density at radius 2 is 2.08 bits per heavy atom. The number of benzene rings is 1. The molecule has 0 saturated carbocycles. The highest BCUT2D eigenvalue weighted by Crippen LogP contribution is 2.34. The summed E-state index contributed by atoms with van der Waals surface area (Å²) in [6, 6.07) is 8.19. The van der Waals surface area contributed by atoms with Crippen molar-refractivity contribution >= 4 is 0 Å². The molecule has 2 aromatic rings. The molecule has 3 aliphatic rings. The van der Waals surface area contributed by atoms with E-state index in [1.807, 2.05) is 18.5 Å². The van der Waals surface area contributed by atoms with Crippen LogP contribution in [0.15, 0.2) is 30.6 Å². The van der Waals surface area contributed by atoms with Gasteiger partial charge in [0.2, 0.25) is 0 Å². The van der Waals surface area contributed by atoms with Crippen LogP contribution in [-0.4, -0.2) is 39.6 Å². The topological polar surface area (TPSA) is 33.1 Å². The van der Waals surface area contributed by atoms with Crippen LogP contribution in [0.25, 0.3) is 5.69 Å². The number of nitrogens with zero attached hydrogens (tertiary/aromatic N) is 3. The van der Waals surface area contributed by atoms with Crippen LogP contribution in [0.3, 0.4) is 0 Å². The van der Waals surface area contributed by atoms with E-state index in [9.17, 15) is 4.39 Å². The van der Waals surface area contributed by atoms with E-state index >= 15 is 0 Å². The molecule has 0 spiro atoms. The van der Waals surface area contributed by atoms with Crippen LogP contribution in [0.2, 0.25) is 0 Å². The molecule has 0 aliphatic carbocycles. The van der Waals surface area contributed by atoms with E-state index in [1.54, 1.807) is 0 Å². The molecule has 2 saturated heterocycles. The molecule has 24 heavy (non-hydrogen) atoms. The molecule has 5 rings (SSSR count). The highest BCUT2D eigenvalue weighted by atomic mass is 19.1. The Morgan fingerprint density at radius 3 is 2.83 bits per heavy atom. The molecular formula is C19H23FN4. The summed E-state index contributed by atoms with van der Waals surface area (Å²) in [6.45, 7) is 3.22. The van der Waals surface area contributed by atoms with Gasteiger partial charge >= 0.3 is 0 Å². The monoisotopic (exact) mass is 326 g/mol. The summed E-state index contributed by atoms with van der Waals surface area (Å²) in [5.74, 6) is 0.614. The molecule has 1 aromatic heterocycles. The van der Waals surface area contributed by atoms with Gasteiger partial charge < -0.3 is 9.88 Å². The van der Waals surface area contributed by atoms with Crippen LogP contribution in [0.5, 0.6) is 0 Å². The second-order valence-corrected chi connectivity index (χ2v) is 7.51. The second-order valence-electron chi connectivity index (χ2n) is 7.51. The van der Waals surface area contributed by atoms with Gasteiger partial charge in [-0.15, -0.1) is 0 Å². The van der Waals surface area contributed by atoms with Gasteiger partial charge in [-0.05, 0) is 49.4 Å². The van der Waals surface area contributed by atoms with Crippen molar-refractivity contribution in [2.75, 3.05) is 13.1 Å². The molecule has 5 heteroatoms. The fourth-order valence-electron chi connectivity index (χ4n) is 4.81. The minimum absolute atomic E-state index is 0.196. The summed E-state index contributed by atoms with van der Waals surface area (Å²) in [5.41, 5.74) is 3.46. The molecule has 0 radical (unpaired) electrons. The number of fused-ring (bicyclic) bond motifs is 3. The van der Waals surface area contributed by atoms with Crippen molar-refractivity contribution in [3.63, 3.8) is 0 Å². The van der Waals surface area contributed by atoms with Crippen LogP contribution >= 0.6 is 0 Å². The Hall–Kier alpha value is -1.72. The van der Waals surface area contributed by atoms with Crippen molar-refractivity contribution < 1.29 is 4.39 Å². The molecule has 4 nitrogen and oxygen atoms in total. The zero-order valence-electron chi connectivity index (χ0n) is 13.8. The average molecular weight is 326 g/mol. The predicted octanol–water partition coefficient (Wildman–Crippen LogP) is 2.51. The first-order valence-corrected chi connectivity index (χ1v) is 9.06. The third-order valence-electron chi connectivity index (χ3n) is 6.02. The Labute approximate surface area is 141 Å². The number of hydrogen-bond acceptors (Lipinski definition) is 3. The van der Waals surface area contributed by atoms with Gasteiger partial charge in [-0.2, -0.15) is 0 Å². The molecule has 2 fully saturated rings. The van der Waals surface area contributed by atoms with Gasteiger partial charge in [0, 0.05) is 49.5 Å². The number of halogens is 1. The fourth-order valence-corrected chi connectivity index (χ4v) is 4.81. The molecule has 2 bridgehead atoms.